The largest absolute Gasteiger partial charge is 0.396 e. The molecule has 1 aromatic rings. The Balaban J connectivity index is 1.82. The summed E-state index contributed by atoms with van der Waals surface area (Å²) in [5, 5.41) is 12.2. The second-order valence-corrected chi connectivity index (χ2v) is 7.06. The molecular weight excluding hydrogens is 274 g/mol. The standard InChI is InChI=1S/C19H29NO2/c1-13(2)10-15(8-9-21)12-20-19(22)18-11-17(18)16-7-5-4-6-14(16)3/h4-7,13,15,17-18,21H,8-12H2,1-3H3,(H,20,22). The van der Waals surface area contributed by atoms with Gasteiger partial charge in [-0.05, 0) is 55.1 Å². The molecule has 0 heterocycles. The van der Waals surface area contributed by atoms with Gasteiger partial charge < -0.3 is 10.4 Å². The number of hydrogen-bond donors (Lipinski definition) is 2. The van der Waals surface area contributed by atoms with Gasteiger partial charge in [-0.1, -0.05) is 38.1 Å². The van der Waals surface area contributed by atoms with E-state index in [2.05, 4.69) is 44.3 Å². The zero-order chi connectivity index (χ0) is 16.1. The Morgan fingerprint density at radius 2 is 2.09 bits per heavy atom. The molecule has 3 heteroatoms. The number of carbonyl (C=O) groups is 1. The SMILES string of the molecule is Cc1ccccc1C1CC1C(=O)NCC(CCO)CC(C)C. The van der Waals surface area contributed by atoms with Crippen LogP contribution >= 0.6 is 0 Å². The van der Waals surface area contributed by atoms with Crippen molar-refractivity contribution in [2.24, 2.45) is 17.8 Å². The van der Waals surface area contributed by atoms with Crippen LogP contribution in [0.25, 0.3) is 0 Å². The zero-order valence-corrected chi connectivity index (χ0v) is 14.0. The molecule has 3 nitrogen and oxygen atoms in total. The minimum atomic E-state index is 0.134. The van der Waals surface area contributed by atoms with Gasteiger partial charge in [0.2, 0.25) is 5.91 Å². The second kappa shape index (κ2) is 7.77. The van der Waals surface area contributed by atoms with Gasteiger partial charge in [-0.15, -0.1) is 0 Å². The van der Waals surface area contributed by atoms with Gasteiger partial charge in [-0.3, -0.25) is 4.79 Å². The van der Waals surface area contributed by atoms with Crippen LogP contribution in [-0.4, -0.2) is 24.2 Å². The van der Waals surface area contributed by atoms with Crippen LogP contribution in [0, 0.1) is 24.7 Å². The van der Waals surface area contributed by atoms with Gasteiger partial charge >= 0.3 is 0 Å². The summed E-state index contributed by atoms with van der Waals surface area (Å²) in [6, 6.07) is 8.35. The van der Waals surface area contributed by atoms with Crippen molar-refractivity contribution in [2.45, 2.75) is 46.0 Å². The first-order chi connectivity index (χ1) is 10.5. The van der Waals surface area contributed by atoms with E-state index in [1.165, 1.54) is 11.1 Å². The Morgan fingerprint density at radius 3 is 2.73 bits per heavy atom. The number of carbonyl (C=O) groups excluding carboxylic acids is 1. The molecule has 22 heavy (non-hydrogen) atoms. The lowest BCUT2D eigenvalue weighted by molar-refractivity contribution is -0.122. The van der Waals surface area contributed by atoms with Crippen LogP contribution in [0.2, 0.25) is 0 Å². The molecule has 1 aliphatic rings. The van der Waals surface area contributed by atoms with Gasteiger partial charge in [0.25, 0.3) is 0 Å². The first-order valence-electron chi connectivity index (χ1n) is 8.47. The van der Waals surface area contributed by atoms with E-state index in [1.54, 1.807) is 0 Å². The fraction of sp³-hybridized carbons (Fsp3) is 0.632. The summed E-state index contributed by atoms with van der Waals surface area (Å²) in [5.74, 6) is 1.68. The van der Waals surface area contributed by atoms with Crippen molar-refractivity contribution < 1.29 is 9.90 Å². The predicted octanol–water partition coefficient (Wildman–Crippen LogP) is 3.26. The lowest BCUT2D eigenvalue weighted by Crippen LogP contribution is -2.31. The summed E-state index contributed by atoms with van der Waals surface area (Å²) in [7, 11) is 0. The zero-order valence-electron chi connectivity index (χ0n) is 14.0. The van der Waals surface area contributed by atoms with Gasteiger partial charge in [0, 0.05) is 19.1 Å². The van der Waals surface area contributed by atoms with Crippen molar-refractivity contribution in [1.29, 1.82) is 0 Å². The molecule has 1 saturated carbocycles. The molecular formula is C19H29NO2. The number of benzene rings is 1. The van der Waals surface area contributed by atoms with Crippen LogP contribution in [0.5, 0.6) is 0 Å². The van der Waals surface area contributed by atoms with Gasteiger partial charge in [-0.2, -0.15) is 0 Å². The van der Waals surface area contributed by atoms with Gasteiger partial charge in [0.05, 0.1) is 0 Å². The molecule has 1 aromatic carbocycles. The molecule has 1 fully saturated rings. The van der Waals surface area contributed by atoms with Crippen molar-refractivity contribution in [1.82, 2.24) is 5.32 Å². The smallest absolute Gasteiger partial charge is 0.223 e. The van der Waals surface area contributed by atoms with Crippen molar-refractivity contribution in [3.63, 3.8) is 0 Å². The van der Waals surface area contributed by atoms with Crippen LogP contribution in [0.4, 0.5) is 0 Å². The molecule has 0 bridgehead atoms. The third-order valence-electron chi connectivity index (χ3n) is 4.62. The highest BCUT2D eigenvalue weighted by molar-refractivity contribution is 5.83. The summed E-state index contributed by atoms with van der Waals surface area (Å²) < 4.78 is 0. The molecule has 1 amide bonds. The quantitative estimate of drug-likeness (QED) is 0.774. The molecule has 3 unspecified atom stereocenters. The Hall–Kier alpha value is -1.35. The summed E-state index contributed by atoms with van der Waals surface area (Å²) >= 11 is 0. The van der Waals surface area contributed by atoms with Crippen molar-refractivity contribution in [2.75, 3.05) is 13.2 Å². The van der Waals surface area contributed by atoms with Gasteiger partial charge in [-0.25, -0.2) is 0 Å². The molecule has 122 valence electrons. The highest BCUT2D eigenvalue weighted by Crippen LogP contribution is 2.48. The Kier molecular flexibility index (Phi) is 6.01. The summed E-state index contributed by atoms with van der Waals surface area (Å²) in [6.07, 6.45) is 2.78. The molecule has 2 N–H and O–H groups in total. The van der Waals surface area contributed by atoms with Gasteiger partial charge in [0.15, 0.2) is 0 Å². The first kappa shape index (κ1) is 17.0. The maximum absolute atomic E-state index is 12.3. The maximum atomic E-state index is 12.3. The third-order valence-corrected chi connectivity index (χ3v) is 4.62. The Bertz CT molecular complexity index is 498. The number of aliphatic hydroxyl groups excluding tert-OH is 1. The van der Waals surface area contributed by atoms with E-state index in [0.29, 0.717) is 24.3 Å². The van der Waals surface area contributed by atoms with Gasteiger partial charge in [0.1, 0.15) is 0 Å². The highest BCUT2D eigenvalue weighted by Gasteiger charge is 2.44. The average Bonchev–Trinajstić information content (AvgIpc) is 3.25. The van der Waals surface area contributed by atoms with Crippen LogP contribution < -0.4 is 5.32 Å². The molecule has 0 spiro atoms. The number of amides is 1. The van der Waals surface area contributed by atoms with E-state index < -0.39 is 0 Å². The topological polar surface area (TPSA) is 49.3 Å². The maximum Gasteiger partial charge on any atom is 0.223 e. The number of aliphatic hydroxyl groups is 1. The average molecular weight is 303 g/mol. The molecule has 0 aliphatic heterocycles. The molecule has 2 rings (SSSR count). The molecule has 3 atom stereocenters. The molecule has 0 radical (unpaired) electrons. The van der Waals surface area contributed by atoms with E-state index in [4.69, 9.17) is 5.11 Å². The lowest BCUT2D eigenvalue weighted by Gasteiger charge is -2.18. The van der Waals surface area contributed by atoms with Crippen LogP contribution in [0.3, 0.4) is 0 Å². The summed E-state index contributed by atoms with van der Waals surface area (Å²) in [4.78, 5) is 12.3. The highest BCUT2D eigenvalue weighted by atomic mass is 16.3. The number of rotatable bonds is 8. The number of nitrogens with one attached hydrogen (secondary N) is 1. The van der Waals surface area contributed by atoms with Crippen molar-refractivity contribution >= 4 is 5.91 Å². The Labute approximate surface area is 134 Å². The van der Waals surface area contributed by atoms with Crippen LogP contribution in [0.15, 0.2) is 24.3 Å². The summed E-state index contributed by atoms with van der Waals surface area (Å²) in [6.45, 7) is 7.36. The second-order valence-electron chi connectivity index (χ2n) is 7.06. The number of aryl methyl sites for hydroxylation is 1. The Morgan fingerprint density at radius 1 is 1.36 bits per heavy atom. The van der Waals surface area contributed by atoms with Crippen LogP contribution in [0.1, 0.15) is 50.2 Å². The predicted molar refractivity (Wildman–Crippen MR) is 89.7 cm³/mol. The molecule has 0 aromatic heterocycles. The molecule has 0 saturated heterocycles. The normalized spacial score (nSPS) is 21.7. The minimum absolute atomic E-state index is 0.134. The third kappa shape index (κ3) is 4.57. The fourth-order valence-corrected chi connectivity index (χ4v) is 3.36. The lowest BCUT2D eigenvalue weighted by atomic mass is 9.94. The minimum Gasteiger partial charge on any atom is -0.396 e. The first-order valence-corrected chi connectivity index (χ1v) is 8.47. The van der Waals surface area contributed by atoms with Crippen molar-refractivity contribution in [3.05, 3.63) is 35.4 Å². The monoisotopic (exact) mass is 303 g/mol. The van der Waals surface area contributed by atoms with E-state index in [-0.39, 0.29) is 18.4 Å². The summed E-state index contributed by atoms with van der Waals surface area (Å²) in [5.41, 5.74) is 2.59. The van der Waals surface area contributed by atoms with Crippen LogP contribution in [-0.2, 0) is 4.79 Å². The number of hydrogen-bond acceptors (Lipinski definition) is 2. The van der Waals surface area contributed by atoms with Crippen molar-refractivity contribution in [3.8, 4) is 0 Å². The molecule has 1 aliphatic carbocycles. The van der Waals surface area contributed by atoms with E-state index >= 15 is 0 Å². The van der Waals surface area contributed by atoms with E-state index in [1.807, 2.05) is 6.07 Å². The van der Waals surface area contributed by atoms with E-state index in [0.717, 1.165) is 19.3 Å². The fourth-order valence-electron chi connectivity index (χ4n) is 3.36. The van der Waals surface area contributed by atoms with E-state index in [9.17, 15) is 4.79 Å².